The quantitative estimate of drug-likeness (QED) is 0.505. The molecule has 0 aromatic rings. The van der Waals surface area contributed by atoms with Crippen molar-refractivity contribution < 1.29 is 0 Å². The number of allylic oxidation sites excluding steroid dienone is 2. The zero-order valence-corrected chi connectivity index (χ0v) is 10.4. The molecule has 0 aromatic carbocycles. The molecular formula is C12H21Br. The molecule has 1 heteroatoms. The van der Waals surface area contributed by atoms with Crippen LogP contribution in [0.2, 0.25) is 0 Å². The minimum atomic E-state index is 0.872. The zero-order chi connectivity index (χ0) is 9.68. The van der Waals surface area contributed by atoms with E-state index in [0.717, 1.165) is 17.2 Å². The first kappa shape index (κ1) is 11.3. The van der Waals surface area contributed by atoms with Crippen LogP contribution in [-0.2, 0) is 0 Å². The first-order valence-corrected chi connectivity index (χ1v) is 6.64. The molecule has 0 spiro atoms. The number of alkyl halides is 1. The van der Waals surface area contributed by atoms with Gasteiger partial charge in [-0.15, -0.1) is 0 Å². The molecule has 0 aromatic heterocycles. The van der Waals surface area contributed by atoms with Gasteiger partial charge in [-0.2, -0.15) is 0 Å². The average Bonchev–Trinajstić information content (AvgIpc) is 2.14. The second kappa shape index (κ2) is 5.85. The molecule has 1 fully saturated rings. The fourth-order valence-electron chi connectivity index (χ4n) is 2.22. The van der Waals surface area contributed by atoms with Crippen molar-refractivity contribution in [2.45, 2.75) is 46.0 Å². The Bertz CT molecular complexity index is 166. The molecule has 0 heterocycles. The summed E-state index contributed by atoms with van der Waals surface area (Å²) in [7, 11) is 0. The van der Waals surface area contributed by atoms with Crippen molar-refractivity contribution in [1.29, 1.82) is 0 Å². The third-order valence-corrected chi connectivity index (χ3v) is 3.79. The van der Waals surface area contributed by atoms with Crippen molar-refractivity contribution in [2.75, 3.05) is 5.33 Å². The Kier molecular flexibility index (Phi) is 5.08. The molecule has 0 radical (unpaired) electrons. The van der Waals surface area contributed by atoms with Crippen molar-refractivity contribution in [3.05, 3.63) is 11.6 Å². The molecule has 1 saturated carbocycles. The maximum absolute atomic E-state index is 3.55. The van der Waals surface area contributed by atoms with Crippen molar-refractivity contribution in [3.8, 4) is 0 Å². The van der Waals surface area contributed by atoms with Gasteiger partial charge in [0.1, 0.15) is 0 Å². The number of hydrogen-bond donors (Lipinski definition) is 0. The molecule has 1 aliphatic rings. The first-order valence-electron chi connectivity index (χ1n) is 5.51. The molecule has 76 valence electrons. The summed E-state index contributed by atoms with van der Waals surface area (Å²) in [5, 5.41) is 1.06. The van der Waals surface area contributed by atoms with Gasteiger partial charge in [0.2, 0.25) is 0 Å². The molecule has 0 bridgehead atoms. The Balaban J connectivity index is 2.46. The summed E-state index contributed by atoms with van der Waals surface area (Å²) in [6, 6.07) is 0. The lowest BCUT2D eigenvalue weighted by atomic mass is 9.81. The third kappa shape index (κ3) is 3.84. The molecule has 2 unspecified atom stereocenters. The second-order valence-electron chi connectivity index (χ2n) is 4.34. The van der Waals surface area contributed by atoms with Gasteiger partial charge >= 0.3 is 0 Å². The van der Waals surface area contributed by atoms with Crippen LogP contribution in [0.25, 0.3) is 0 Å². The van der Waals surface area contributed by atoms with Crippen LogP contribution in [0.15, 0.2) is 11.6 Å². The van der Waals surface area contributed by atoms with Crippen LogP contribution in [0, 0.1) is 11.8 Å². The number of rotatable bonds is 3. The van der Waals surface area contributed by atoms with Crippen molar-refractivity contribution in [2.24, 2.45) is 11.8 Å². The summed E-state index contributed by atoms with van der Waals surface area (Å²) < 4.78 is 0. The minimum Gasteiger partial charge on any atom is -0.0880 e. The molecule has 0 aliphatic heterocycles. The normalized spacial score (nSPS) is 30.5. The third-order valence-electron chi connectivity index (χ3n) is 3.07. The highest BCUT2D eigenvalue weighted by Gasteiger charge is 2.16. The molecule has 0 amide bonds. The molecule has 1 rings (SSSR count). The van der Waals surface area contributed by atoms with Gasteiger partial charge < -0.3 is 0 Å². The standard InChI is InChI=1S/C12H21Br/c1-3-11(9-13)8-12-6-4-5-10(2)7-12/h8,10,12H,3-7,9H2,1-2H3/b11-8+. The summed E-state index contributed by atoms with van der Waals surface area (Å²) in [6.07, 6.45) is 9.43. The Morgan fingerprint density at radius 2 is 2.23 bits per heavy atom. The van der Waals surface area contributed by atoms with Crippen molar-refractivity contribution >= 4 is 15.9 Å². The van der Waals surface area contributed by atoms with Gasteiger partial charge in [0.15, 0.2) is 0 Å². The predicted molar refractivity (Wildman–Crippen MR) is 63.3 cm³/mol. The average molecular weight is 245 g/mol. The molecule has 2 atom stereocenters. The molecule has 0 N–H and O–H groups in total. The Labute approximate surface area is 90.9 Å². The van der Waals surface area contributed by atoms with Gasteiger partial charge in [-0.1, -0.05) is 54.3 Å². The Morgan fingerprint density at radius 3 is 2.77 bits per heavy atom. The van der Waals surface area contributed by atoms with Crippen LogP contribution in [0.1, 0.15) is 46.0 Å². The van der Waals surface area contributed by atoms with E-state index >= 15 is 0 Å². The highest BCUT2D eigenvalue weighted by Crippen LogP contribution is 2.30. The van der Waals surface area contributed by atoms with E-state index in [1.807, 2.05) is 0 Å². The van der Waals surface area contributed by atoms with E-state index in [-0.39, 0.29) is 0 Å². The maximum Gasteiger partial charge on any atom is 0.0241 e. The SMILES string of the molecule is CC/C(=C\C1CCCC(C)C1)CBr. The lowest BCUT2D eigenvalue weighted by Gasteiger charge is -2.24. The molecule has 1 aliphatic carbocycles. The van der Waals surface area contributed by atoms with E-state index in [1.165, 1.54) is 32.1 Å². The molecular weight excluding hydrogens is 224 g/mol. The van der Waals surface area contributed by atoms with Gasteiger partial charge in [-0.05, 0) is 31.1 Å². The van der Waals surface area contributed by atoms with E-state index in [9.17, 15) is 0 Å². The van der Waals surface area contributed by atoms with Crippen LogP contribution in [0.3, 0.4) is 0 Å². The van der Waals surface area contributed by atoms with E-state index in [1.54, 1.807) is 5.57 Å². The maximum atomic E-state index is 3.55. The largest absolute Gasteiger partial charge is 0.0880 e. The lowest BCUT2D eigenvalue weighted by Crippen LogP contribution is -2.11. The molecule has 0 saturated heterocycles. The lowest BCUT2D eigenvalue weighted by molar-refractivity contribution is 0.324. The van der Waals surface area contributed by atoms with Crippen molar-refractivity contribution in [1.82, 2.24) is 0 Å². The van der Waals surface area contributed by atoms with Crippen LogP contribution in [0.4, 0.5) is 0 Å². The number of halogens is 1. The van der Waals surface area contributed by atoms with E-state index in [4.69, 9.17) is 0 Å². The minimum absolute atomic E-state index is 0.872. The van der Waals surface area contributed by atoms with Gasteiger partial charge in [0.25, 0.3) is 0 Å². The second-order valence-corrected chi connectivity index (χ2v) is 4.90. The highest BCUT2D eigenvalue weighted by molar-refractivity contribution is 9.09. The van der Waals surface area contributed by atoms with Gasteiger partial charge in [-0.25, -0.2) is 0 Å². The van der Waals surface area contributed by atoms with E-state index in [2.05, 4.69) is 35.9 Å². The van der Waals surface area contributed by atoms with Crippen LogP contribution < -0.4 is 0 Å². The summed E-state index contributed by atoms with van der Waals surface area (Å²) in [5.41, 5.74) is 1.58. The fourth-order valence-corrected chi connectivity index (χ4v) is 2.81. The van der Waals surface area contributed by atoms with Crippen LogP contribution in [0.5, 0.6) is 0 Å². The molecule has 13 heavy (non-hydrogen) atoms. The summed E-state index contributed by atoms with van der Waals surface area (Å²) in [4.78, 5) is 0. The van der Waals surface area contributed by atoms with Gasteiger partial charge in [0.05, 0.1) is 0 Å². The van der Waals surface area contributed by atoms with E-state index in [0.29, 0.717) is 0 Å². The predicted octanol–water partition coefficient (Wildman–Crippen LogP) is 4.54. The van der Waals surface area contributed by atoms with Gasteiger partial charge in [0, 0.05) is 5.33 Å². The van der Waals surface area contributed by atoms with E-state index < -0.39 is 0 Å². The summed E-state index contributed by atoms with van der Waals surface area (Å²) >= 11 is 3.55. The fraction of sp³-hybridized carbons (Fsp3) is 0.833. The first-order chi connectivity index (χ1) is 6.26. The van der Waals surface area contributed by atoms with Crippen molar-refractivity contribution in [3.63, 3.8) is 0 Å². The Hall–Kier alpha value is 0.220. The van der Waals surface area contributed by atoms with Crippen LogP contribution >= 0.6 is 15.9 Å². The van der Waals surface area contributed by atoms with Crippen LogP contribution in [-0.4, -0.2) is 5.33 Å². The smallest absolute Gasteiger partial charge is 0.0241 e. The zero-order valence-electron chi connectivity index (χ0n) is 8.85. The Morgan fingerprint density at radius 1 is 1.46 bits per heavy atom. The van der Waals surface area contributed by atoms with Gasteiger partial charge in [-0.3, -0.25) is 0 Å². The topological polar surface area (TPSA) is 0 Å². The highest BCUT2D eigenvalue weighted by atomic mass is 79.9. The summed E-state index contributed by atoms with van der Waals surface area (Å²) in [5.74, 6) is 1.82. The number of hydrogen-bond acceptors (Lipinski definition) is 0. The summed E-state index contributed by atoms with van der Waals surface area (Å²) in [6.45, 7) is 4.64. The monoisotopic (exact) mass is 244 g/mol. The molecule has 0 nitrogen and oxygen atoms in total.